The maximum absolute atomic E-state index is 13.1. The molecule has 1 fully saturated rings. The Hall–Kier alpha value is -2.27. The van der Waals surface area contributed by atoms with Gasteiger partial charge in [0, 0.05) is 18.2 Å². The Kier molecular flexibility index (Phi) is 3.58. The second-order valence-corrected chi connectivity index (χ2v) is 6.71. The van der Waals surface area contributed by atoms with Gasteiger partial charge in [-0.1, -0.05) is 12.1 Å². The Morgan fingerprint density at radius 1 is 1.22 bits per heavy atom. The molecule has 1 saturated carbocycles. The van der Waals surface area contributed by atoms with E-state index in [2.05, 4.69) is 4.98 Å². The van der Waals surface area contributed by atoms with Crippen LogP contribution in [0.2, 0.25) is 0 Å². The molecule has 3 aromatic rings. The predicted molar refractivity (Wildman–Crippen MR) is 88.9 cm³/mol. The molecule has 0 radical (unpaired) electrons. The van der Waals surface area contributed by atoms with Gasteiger partial charge < -0.3 is 4.90 Å². The van der Waals surface area contributed by atoms with E-state index in [0.29, 0.717) is 18.2 Å². The zero-order valence-corrected chi connectivity index (χ0v) is 13.2. The normalized spacial score (nSPS) is 14.1. The van der Waals surface area contributed by atoms with Gasteiger partial charge in [-0.3, -0.25) is 4.79 Å². The minimum atomic E-state index is -0.256. The minimum Gasteiger partial charge on any atom is -0.331 e. The molecule has 3 nitrogen and oxygen atoms in total. The largest absolute Gasteiger partial charge is 0.331 e. The fraction of sp³-hybridized carbons (Fsp3) is 0.222. The lowest BCUT2D eigenvalue weighted by atomic mass is 10.1. The van der Waals surface area contributed by atoms with Crippen LogP contribution in [-0.2, 0) is 6.54 Å². The summed E-state index contributed by atoms with van der Waals surface area (Å²) in [5.41, 5.74) is 4.35. The quantitative estimate of drug-likeness (QED) is 0.718. The van der Waals surface area contributed by atoms with Crippen LogP contribution in [0.5, 0.6) is 0 Å². The maximum Gasteiger partial charge on any atom is 0.254 e. The summed E-state index contributed by atoms with van der Waals surface area (Å²) in [5, 5.41) is 0. The van der Waals surface area contributed by atoms with E-state index in [1.807, 2.05) is 23.1 Å². The number of rotatable bonds is 4. The Morgan fingerprint density at radius 3 is 2.74 bits per heavy atom. The van der Waals surface area contributed by atoms with Crippen LogP contribution < -0.4 is 0 Å². The van der Waals surface area contributed by atoms with Crippen molar-refractivity contribution in [3.05, 3.63) is 64.9 Å². The highest BCUT2D eigenvalue weighted by Gasteiger charge is 2.33. The molecule has 1 heterocycles. The SMILES string of the molecule is O=C(c1ccc2ncsc2c1)N(Cc1ccc(F)cc1)C1CC1. The number of carbonyl (C=O) groups excluding carboxylic acids is 1. The Labute approximate surface area is 137 Å². The van der Waals surface area contributed by atoms with E-state index in [4.69, 9.17) is 0 Å². The maximum atomic E-state index is 13.1. The molecule has 0 bridgehead atoms. The summed E-state index contributed by atoms with van der Waals surface area (Å²) in [4.78, 5) is 19.0. The molecule has 1 amide bonds. The van der Waals surface area contributed by atoms with Crippen molar-refractivity contribution in [1.82, 2.24) is 9.88 Å². The summed E-state index contributed by atoms with van der Waals surface area (Å²) in [7, 11) is 0. The number of fused-ring (bicyclic) bond motifs is 1. The van der Waals surface area contributed by atoms with Crippen molar-refractivity contribution in [2.24, 2.45) is 0 Å². The average molecular weight is 326 g/mol. The highest BCUT2D eigenvalue weighted by Crippen LogP contribution is 2.30. The third-order valence-corrected chi connectivity index (χ3v) is 4.88. The van der Waals surface area contributed by atoms with Crippen molar-refractivity contribution >= 4 is 27.5 Å². The fourth-order valence-corrected chi connectivity index (χ4v) is 3.41. The van der Waals surface area contributed by atoms with Gasteiger partial charge in [-0.15, -0.1) is 11.3 Å². The number of benzene rings is 2. The molecule has 1 aliphatic carbocycles. The van der Waals surface area contributed by atoms with Crippen LogP contribution in [0.25, 0.3) is 10.2 Å². The van der Waals surface area contributed by atoms with Crippen molar-refractivity contribution in [2.45, 2.75) is 25.4 Å². The second-order valence-electron chi connectivity index (χ2n) is 5.83. The molecule has 0 unspecified atom stereocenters. The van der Waals surface area contributed by atoms with Gasteiger partial charge in [0.25, 0.3) is 5.91 Å². The number of carbonyl (C=O) groups is 1. The summed E-state index contributed by atoms with van der Waals surface area (Å²) < 4.78 is 14.1. The highest BCUT2D eigenvalue weighted by atomic mass is 32.1. The van der Waals surface area contributed by atoms with Crippen molar-refractivity contribution in [1.29, 1.82) is 0 Å². The van der Waals surface area contributed by atoms with Crippen LogP contribution in [0.4, 0.5) is 4.39 Å². The van der Waals surface area contributed by atoms with Crippen LogP contribution in [0, 0.1) is 5.82 Å². The first-order chi connectivity index (χ1) is 11.2. The Morgan fingerprint density at radius 2 is 2.00 bits per heavy atom. The van der Waals surface area contributed by atoms with Crippen LogP contribution in [-0.4, -0.2) is 21.8 Å². The summed E-state index contributed by atoms with van der Waals surface area (Å²) in [5.74, 6) is -0.221. The first-order valence-electron chi connectivity index (χ1n) is 7.59. The summed E-state index contributed by atoms with van der Waals surface area (Å²) >= 11 is 1.54. The number of amides is 1. The summed E-state index contributed by atoms with van der Waals surface area (Å²) in [6.07, 6.45) is 2.07. The highest BCUT2D eigenvalue weighted by molar-refractivity contribution is 7.16. The molecule has 23 heavy (non-hydrogen) atoms. The second kappa shape index (κ2) is 5.74. The van der Waals surface area contributed by atoms with E-state index in [9.17, 15) is 9.18 Å². The van der Waals surface area contributed by atoms with E-state index in [1.54, 1.807) is 17.6 Å². The van der Waals surface area contributed by atoms with E-state index in [-0.39, 0.29) is 11.7 Å². The molecule has 0 atom stereocenters. The number of thiazole rings is 1. The molecule has 0 N–H and O–H groups in total. The van der Waals surface area contributed by atoms with Gasteiger partial charge in [0.15, 0.2) is 0 Å². The fourth-order valence-electron chi connectivity index (χ4n) is 2.69. The van der Waals surface area contributed by atoms with Crippen LogP contribution >= 0.6 is 11.3 Å². The van der Waals surface area contributed by atoms with Crippen molar-refractivity contribution in [3.8, 4) is 0 Å². The molecule has 5 heteroatoms. The third kappa shape index (κ3) is 2.97. The van der Waals surface area contributed by atoms with Gasteiger partial charge in [0.2, 0.25) is 0 Å². The number of hydrogen-bond donors (Lipinski definition) is 0. The lowest BCUT2D eigenvalue weighted by Crippen LogP contribution is -2.32. The molecule has 1 aliphatic rings. The molecular formula is C18H15FN2OS. The van der Waals surface area contributed by atoms with Crippen LogP contribution in [0.15, 0.2) is 48.0 Å². The van der Waals surface area contributed by atoms with E-state index in [1.165, 1.54) is 23.5 Å². The van der Waals surface area contributed by atoms with Crippen LogP contribution in [0.3, 0.4) is 0 Å². The third-order valence-electron chi connectivity index (χ3n) is 4.09. The number of halogens is 1. The minimum absolute atomic E-state index is 0.0344. The van der Waals surface area contributed by atoms with E-state index in [0.717, 1.165) is 28.6 Å². The van der Waals surface area contributed by atoms with Gasteiger partial charge in [0.05, 0.1) is 15.7 Å². The van der Waals surface area contributed by atoms with Gasteiger partial charge >= 0.3 is 0 Å². The van der Waals surface area contributed by atoms with Gasteiger partial charge in [-0.25, -0.2) is 9.37 Å². The molecule has 1 aromatic heterocycles. The predicted octanol–water partition coefficient (Wildman–Crippen LogP) is 4.24. The topological polar surface area (TPSA) is 33.2 Å². The standard InChI is InChI=1S/C18H15FN2OS/c19-14-4-1-12(2-5-14)10-21(15-6-7-15)18(22)13-3-8-16-17(9-13)23-11-20-16/h1-5,8-9,11,15H,6-7,10H2. The van der Waals surface area contributed by atoms with Crippen molar-refractivity contribution in [3.63, 3.8) is 0 Å². The molecule has 0 aliphatic heterocycles. The van der Waals surface area contributed by atoms with Crippen molar-refractivity contribution in [2.75, 3.05) is 0 Å². The lowest BCUT2D eigenvalue weighted by molar-refractivity contribution is 0.0730. The van der Waals surface area contributed by atoms with Gasteiger partial charge in [-0.05, 0) is 48.7 Å². The molecule has 116 valence electrons. The number of hydrogen-bond acceptors (Lipinski definition) is 3. The molecule has 2 aromatic carbocycles. The smallest absolute Gasteiger partial charge is 0.254 e. The molecule has 0 spiro atoms. The van der Waals surface area contributed by atoms with E-state index >= 15 is 0 Å². The monoisotopic (exact) mass is 326 g/mol. The molecular weight excluding hydrogens is 311 g/mol. The van der Waals surface area contributed by atoms with Crippen LogP contribution in [0.1, 0.15) is 28.8 Å². The first kappa shape index (κ1) is 14.3. The van der Waals surface area contributed by atoms with E-state index < -0.39 is 0 Å². The van der Waals surface area contributed by atoms with Gasteiger partial charge in [0.1, 0.15) is 5.82 Å². The first-order valence-corrected chi connectivity index (χ1v) is 8.47. The number of nitrogens with zero attached hydrogens (tertiary/aromatic N) is 2. The molecule has 4 rings (SSSR count). The van der Waals surface area contributed by atoms with Gasteiger partial charge in [-0.2, -0.15) is 0 Å². The Balaban J connectivity index is 1.61. The number of aromatic nitrogens is 1. The summed E-state index contributed by atoms with van der Waals surface area (Å²) in [6, 6.07) is 12.3. The lowest BCUT2D eigenvalue weighted by Gasteiger charge is -2.22. The zero-order chi connectivity index (χ0) is 15.8. The zero-order valence-electron chi connectivity index (χ0n) is 12.4. The Bertz CT molecular complexity index is 855. The average Bonchev–Trinajstić information content (AvgIpc) is 3.30. The van der Waals surface area contributed by atoms with Crippen molar-refractivity contribution < 1.29 is 9.18 Å². The molecule has 0 saturated heterocycles. The summed E-state index contributed by atoms with van der Waals surface area (Å²) in [6.45, 7) is 0.518.